The minimum atomic E-state index is -0.382. The van der Waals surface area contributed by atoms with E-state index >= 15 is 0 Å². The number of fused-ring (bicyclic) bond motifs is 1. The molecule has 0 spiro atoms. The first-order valence-corrected chi connectivity index (χ1v) is 9.05. The number of hydrogen-bond donors (Lipinski definition) is 2. The maximum atomic E-state index is 12.6. The summed E-state index contributed by atoms with van der Waals surface area (Å²) in [6.45, 7) is 1.59. The summed E-state index contributed by atoms with van der Waals surface area (Å²) in [4.78, 5) is 27.7. The zero-order valence-corrected chi connectivity index (χ0v) is 14.5. The molecule has 124 valence electrons. The standard InChI is InChI=1S/C16H20ClN3O2S/c1-18-9-11-3-2-6-20(11)15(21)8-14-16(22)19-12-7-10(17)4-5-13(12)23-14/h4-5,7,11,14,18H,2-3,6,8-9H2,1H3,(H,19,22). The molecule has 0 saturated carbocycles. The second kappa shape index (κ2) is 7.11. The Morgan fingerprint density at radius 3 is 3.13 bits per heavy atom. The zero-order valence-electron chi connectivity index (χ0n) is 13.0. The molecule has 1 saturated heterocycles. The molecular weight excluding hydrogens is 334 g/mol. The molecule has 7 heteroatoms. The number of nitrogens with zero attached hydrogens (tertiary/aromatic N) is 1. The highest BCUT2D eigenvalue weighted by Gasteiger charge is 2.34. The Morgan fingerprint density at radius 2 is 2.35 bits per heavy atom. The molecule has 2 atom stereocenters. The van der Waals surface area contributed by atoms with E-state index in [1.807, 2.05) is 18.0 Å². The molecule has 0 aliphatic carbocycles. The number of likely N-dealkylation sites (tertiary alicyclic amines) is 1. The van der Waals surface area contributed by atoms with E-state index in [2.05, 4.69) is 10.6 Å². The average Bonchev–Trinajstić information content (AvgIpc) is 2.97. The van der Waals surface area contributed by atoms with E-state index in [0.29, 0.717) is 5.02 Å². The van der Waals surface area contributed by atoms with Crippen molar-refractivity contribution >= 4 is 40.9 Å². The lowest BCUT2D eigenvalue weighted by Crippen LogP contribution is -2.43. The van der Waals surface area contributed by atoms with Crippen LogP contribution in [0.4, 0.5) is 5.69 Å². The Balaban J connectivity index is 1.67. The highest BCUT2D eigenvalue weighted by Crippen LogP contribution is 2.38. The van der Waals surface area contributed by atoms with Crippen molar-refractivity contribution in [3.8, 4) is 0 Å². The summed E-state index contributed by atoms with van der Waals surface area (Å²) in [5, 5.41) is 6.20. The van der Waals surface area contributed by atoms with Crippen molar-refractivity contribution in [1.29, 1.82) is 0 Å². The molecule has 0 radical (unpaired) electrons. The van der Waals surface area contributed by atoms with E-state index < -0.39 is 0 Å². The maximum Gasteiger partial charge on any atom is 0.238 e. The van der Waals surface area contributed by atoms with Gasteiger partial charge in [-0.25, -0.2) is 0 Å². The van der Waals surface area contributed by atoms with Gasteiger partial charge in [0.2, 0.25) is 11.8 Å². The Morgan fingerprint density at radius 1 is 1.52 bits per heavy atom. The number of benzene rings is 1. The average molecular weight is 354 g/mol. The van der Waals surface area contributed by atoms with E-state index in [0.717, 1.165) is 36.5 Å². The van der Waals surface area contributed by atoms with Crippen LogP contribution in [0.15, 0.2) is 23.1 Å². The summed E-state index contributed by atoms with van der Waals surface area (Å²) in [5.41, 5.74) is 0.727. The van der Waals surface area contributed by atoms with Crippen LogP contribution in [0.1, 0.15) is 19.3 Å². The molecular formula is C16H20ClN3O2S. The summed E-state index contributed by atoms with van der Waals surface area (Å²) in [5.74, 6) is -0.0599. The van der Waals surface area contributed by atoms with Gasteiger partial charge in [0.05, 0.1) is 10.9 Å². The molecule has 5 nitrogen and oxygen atoms in total. The first kappa shape index (κ1) is 16.6. The van der Waals surface area contributed by atoms with Crippen molar-refractivity contribution in [2.75, 3.05) is 25.5 Å². The van der Waals surface area contributed by atoms with Gasteiger partial charge < -0.3 is 15.5 Å². The second-order valence-electron chi connectivity index (χ2n) is 5.88. The van der Waals surface area contributed by atoms with Crippen LogP contribution in [0, 0.1) is 0 Å². The molecule has 0 bridgehead atoms. The maximum absolute atomic E-state index is 12.6. The topological polar surface area (TPSA) is 61.4 Å². The first-order chi connectivity index (χ1) is 11.1. The highest BCUT2D eigenvalue weighted by atomic mass is 35.5. The van der Waals surface area contributed by atoms with Crippen LogP contribution in [-0.4, -0.2) is 48.1 Å². The second-order valence-corrected chi connectivity index (χ2v) is 7.56. The minimum Gasteiger partial charge on any atom is -0.338 e. The van der Waals surface area contributed by atoms with Crippen LogP contribution in [0.3, 0.4) is 0 Å². The summed E-state index contributed by atoms with van der Waals surface area (Å²) in [6.07, 6.45) is 2.29. The number of thioether (sulfide) groups is 1. The third-order valence-corrected chi connectivity index (χ3v) is 5.77. The molecule has 2 aliphatic rings. The Kier molecular flexibility index (Phi) is 5.14. The van der Waals surface area contributed by atoms with E-state index in [1.165, 1.54) is 11.8 Å². The lowest BCUT2D eigenvalue weighted by atomic mass is 10.2. The van der Waals surface area contributed by atoms with Crippen molar-refractivity contribution in [1.82, 2.24) is 10.2 Å². The Hall–Kier alpha value is -1.24. The summed E-state index contributed by atoms with van der Waals surface area (Å²) in [6, 6.07) is 5.67. The van der Waals surface area contributed by atoms with Gasteiger partial charge in [-0.15, -0.1) is 11.8 Å². The molecule has 0 aromatic heterocycles. The van der Waals surface area contributed by atoms with Gasteiger partial charge in [0.15, 0.2) is 0 Å². The van der Waals surface area contributed by atoms with Crippen LogP contribution in [0.5, 0.6) is 0 Å². The number of amides is 2. The summed E-state index contributed by atoms with van der Waals surface area (Å²) >= 11 is 7.39. The van der Waals surface area contributed by atoms with Crippen molar-refractivity contribution in [2.45, 2.75) is 35.4 Å². The number of nitrogens with one attached hydrogen (secondary N) is 2. The van der Waals surface area contributed by atoms with Crippen molar-refractivity contribution < 1.29 is 9.59 Å². The third-order valence-electron chi connectivity index (χ3n) is 4.26. The largest absolute Gasteiger partial charge is 0.338 e. The van der Waals surface area contributed by atoms with Crippen LogP contribution >= 0.6 is 23.4 Å². The van der Waals surface area contributed by atoms with Gasteiger partial charge in [0.25, 0.3) is 0 Å². The van der Waals surface area contributed by atoms with Crippen LogP contribution in [-0.2, 0) is 9.59 Å². The molecule has 2 aliphatic heterocycles. The molecule has 1 fully saturated rings. The van der Waals surface area contributed by atoms with E-state index in [-0.39, 0.29) is 29.5 Å². The fourth-order valence-electron chi connectivity index (χ4n) is 3.14. The van der Waals surface area contributed by atoms with E-state index in [1.54, 1.807) is 12.1 Å². The molecule has 2 unspecified atom stereocenters. The minimum absolute atomic E-state index is 0.0628. The van der Waals surface area contributed by atoms with Gasteiger partial charge in [-0.2, -0.15) is 0 Å². The lowest BCUT2D eigenvalue weighted by molar-refractivity contribution is -0.133. The van der Waals surface area contributed by atoms with E-state index in [4.69, 9.17) is 11.6 Å². The molecule has 1 aromatic carbocycles. The molecule has 3 rings (SSSR count). The normalized spacial score (nSPS) is 23.6. The molecule has 2 amide bonds. The first-order valence-electron chi connectivity index (χ1n) is 7.79. The quantitative estimate of drug-likeness (QED) is 0.872. The van der Waals surface area contributed by atoms with Crippen molar-refractivity contribution in [3.63, 3.8) is 0 Å². The predicted octanol–water partition coefficient (Wildman–Crippen LogP) is 2.35. The van der Waals surface area contributed by atoms with Crippen LogP contribution in [0.2, 0.25) is 5.02 Å². The van der Waals surface area contributed by atoms with Gasteiger partial charge in [-0.05, 0) is 38.1 Å². The Labute approximate surface area is 145 Å². The SMILES string of the molecule is CNCC1CCCN1C(=O)CC1Sc2ccc(Cl)cc2NC1=O. The fourth-order valence-corrected chi connectivity index (χ4v) is 4.40. The molecule has 23 heavy (non-hydrogen) atoms. The monoisotopic (exact) mass is 353 g/mol. The van der Waals surface area contributed by atoms with Gasteiger partial charge in [0.1, 0.15) is 0 Å². The van der Waals surface area contributed by atoms with Crippen LogP contribution in [0.25, 0.3) is 0 Å². The summed E-state index contributed by atoms with van der Waals surface area (Å²) in [7, 11) is 1.90. The lowest BCUT2D eigenvalue weighted by Gasteiger charge is -2.28. The van der Waals surface area contributed by atoms with Gasteiger partial charge in [0, 0.05) is 35.5 Å². The molecule has 1 aromatic rings. The molecule has 2 heterocycles. The zero-order chi connectivity index (χ0) is 16.4. The van der Waals surface area contributed by atoms with Crippen molar-refractivity contribution in [2.24, 2.45) is 0 Å². The Bertz CT molecular complexity index is 625. The molecule has 2 N–H and O–H groups in total. The predicted molar refractivity (Wildman–Crippen MR) is 93.0 cm³/mol. The number of likely N-dealkylation sites (N-methyl/N-ethyl adjacent to an activating group) is 1. The van der Waals surface area contributed by atoms with E-state index in [9.17, 15) is 9.59 Å². The number of carbonyl (C=O) groups excluding carboxylic acids is 2. The number of carbonyl (C=O) groups is 2. The van der Waals surface area contributed by atoms with Gasteiger partial charge >= 0.3 is 0 Å². The van der Waals surface area contributed by atoms with Crippen LogP contribution < -0.4 is 10.6 Å². The smallest absolute Gasteiger partial charge is 0.238 e. The number of anilines is 1. The third kappa shape index (κ3) is 3.65. The van der Waals surface area contributed by atoms with Gasteiger partial charge in [-0.1, -0.05) is 11.6 Å². The summed E-state index contributed by atoms with van der Waals surface area (Å²) < 4.78 is 0. The van der Waals surface area contributed by atoms with Gasteiger partial charge in [-0.3, -0.25) is 9.59 Å². The number of rotatable bonds is 4. The fraction of sp³-hybridized carbons (Fsp3) is 0.500. The highest BCUT2D eigenvalue weighted by molar-refractivity contribution is 8.01. The number of halogens is 1. The number of hydrogen-bond acceptors (Lipinski definition) is 4. The van der Waals surface area contributed by atoms with Crippen molar-refractivity contribution in [3.05, 3.63) is 23.2 Å².